The molecular weight excluding hydrogens is 384 g/mol. The van der Waals surface area contributed by atoms with Crippen LogP contribution in [-0.4, -0.2) is 56.0 Å². The summed E-state index contributed by atoms with van der Waals surface area (Å²) >= 11 is 0. The zero-order chi connectivity index (χ0) is 22.1. The van der Waals surface area contributed by atoms with Gasteiger partial charge in [-0.25, -0.2) is 9.97 Å². The summed E-state index contributed by atoms with van der Waals surface area (Å²) in [6.45, 7) is 4.25. The van der Waals surface area contributed by atoms with Gasteiger partial charge in [0.15, 0.2) is 12.1 Å². The molecule has 0 fully saturated rings. The molecule has 0 bridgehead atoms. The number of likely N-dealkylation sites (N-methyl/N-ethyl adjacent to an activating group) is 1. The van der Waals surface area contributed by atoms with Crippen LogP contribution in [0.15, 0.2) is 18.2 Å². The first kappa shape index (κ1) is 23.1. The van der Waals surface area contributed by atoms with Crippen molar-refractivity contribution < 1.29 is 14.3 Å². The van der Waals surface area contributed by atoms with Crippen molar-refractivity contribution in [1.29, 1.82) is 0 Å². The molecule has 0 aliphatic heterocycles. The van der Waals surface area contributed by atoms with Crippen LogP contribution in [0.2, 0.25) is 0 Å². The zero-order valence-electron chi connectivity index (χ0n) is 18.1. The van der Waals surface area contributed by atoms with E-state index in [4.69, 9.17) is 4.74 Å². The van der Waals surface area contributed by atoms with Crippen molar-refractivity contribution in [1.82, 2.24) is 20.6 Å². The van der Waals surface area contributed by atoms with Crippen LogP contribution in [-0.2, 0) is 17.6 Å². The van der Waals surface area contributed by atoms with Gasteiger partial charge < -0.3 is 26.0 Å². The number of ether oxygens (including phenoxy) is 1. The Kier molecular flexibility index (Phi) is 8.54. The molecule has 0 saturated carbocycles. The fourth-order valence-corrected chi connectivity index (χ4v) is 2.85. The van der Waals surface area contributed by atoms with Gasteiger partial charge >= 0.3 is 0 Å². The molecule has 2 rings (SSSR count). The van der Waals surface area contributed by atoms with Gasteiger partial charge in [-0.2, -0.15) is 0 Å². The van der Waals surface area contributed by atoms with Crippen molar-refractivity contribution in [2.24, 2.45) is 0 Å². The maximum absolute atomic E-state index is 11.9. The minimum Gasteiger partial charge on any atom is -0.497 e. The van der Waals surface area contributed by atoms with E-state index in [1.165, 1.54) is 0 Å². The molecule has 30 heavy (non-hydrogen) atoms. The Hall–Kier alpha value is -3.20. The molecule has 1 unspecified atom stereocenters. The highest BCUT2D eigenvalue weighted by Gasteiger charge is 2.13. The van der Waals surface area contributed by atoms with Crippen LogP contribution in [0.4, 0.5) is 17.3 Å². The Morgan fingerprint density at radius 3 is 2.57 bits per heavy atom. The summed E-state index contributed by atoms with van der Waals surface area (Å²) in [6.07, 6.45) is 1.97. The number of aldehydes is 1. The normalized spacial score (nSPS) is 11.5. The lowest BCUT2D eigenvalue weighted by molar-refractivity contribution is -0.122. The van der Waals surface area contributed by atoms with Crippen LogP contribution >= 0.6 is 0 Å². The largest absolute Gasteiger partial charge is 0.497 e. The molecule has 1 amide bonds. The predicted octanol–water partition coefficient (Wildman–Crippen LogP) is 1.91. The molecular formula is C21H30N6O3. The summed E-state index contributed by atoms with van der Waals surface area (Å²) < 4.78 is 5.40. The predicted molar refractivity (Wildman–Crippen MR) is 118 cm³/mol. The summed E-state index contributed by atoms with van der Waals surface area (Å²) in [6, 6.07) is 5.40. The number of aromatic nitrogens is 2. The molecule has 9 nitrogen and oxygen atoms in total. The number of hydrogen-bond acceptors (Lipinski definition) is 8. The highest BCUT2D eigenvalue weighted by atomic mass is 16.5. The number of carbonyl (C=O) groups is 2. The van der Waals surface area contributed by atoms with E-state index in [9.17, 15) is 9.59 Å². The summed E-state index contributed by atoms with van der Waals surface area (Å²) in [5, 5.41) is 12.0. The number of benzene rings is 1. The van der Waals surface area contributed by atoms with Gasteiger partial charge in [-0.05, 0) is 44.5 Å². The molecule has 0 aliphatic rings. The van der Waals surface area contributed by atoms with Crippen molar-refractivity contribution in [3.63, 3.8) is 0 Å². The smallest absolute Gasteiger partial charge is 0.236 e. The van der Waals surface area contributed by atoms with Gasteiger partial charge in [-0.15, -0.1) is 0 Å². The zero-order valence-corrected chi connectivity index (χ0v) is 18.1. The Balaban J connectivity index is 2.23. The van der Waals surface area contributed by atoms with E-state index in [2.05, 4.69) is 31.2 Å². The number of methoxy groups -OCH3 is 1. The van der Waals surface area contributed by atoms with Crippen LogP contribution in [0, 0.1) is 0 Å². The SMILES string of the molecule is CCc1nc(C=O)c(Nc2cc(CCNC(=O)C(C)NC)cc(OC)c2)nc1NC. The van der Waals surface area contributed by atoms with Crippen LogP contribution in [0.5, 0.6) is 5.75 Å². The van der Waals surface area contributed by atoms with Crippen LogP contribution in [0.3, 0.4) is 0 Å². The lowest BCUT2D eigenvalue weighted by Gasteiger charge is -2.15. The van der Waals surface area contributed by atoms with E-state index in [1.807, 2.05) is 25.1 Å². The van der Waals surface area contributed by atoms with E-state index in [0.717, 1.165) is 11.3 Å². The maximum atomic E-state index is 11.9. The van der Waals surface area contributed by atoms with Crippen LogP contribution < -0.4 is 26.0 Å². The fraction of sp³-hybridized carbons (Fsp3) is 0.429. The van der Waals surface area contributed by atoms with Crippen molar-refractivity contribution in [3.8, 4) is 5.75 Å². The summed E-state index contributed by atoms with van der Waals surface area (Å²) in [5.74, 6) is 1.58. The number of nitrogens with one attached hydrogen (secondary N) is 4. The third-order valence-corrected chi connectivity index (χ3v) is 4.68. The lowest BCUT2D eigenvalue weighted by atomic mass is 10.1. The summed E-state index contributed by atoms with van der Waals surface area (Å²) in [7, 11) is 5.10. The minimum atomic E-state index is -0.250. The number of anilines is 3. The third-order valence-electron chi connectivity index (χ3n) is 4.68. The van der Waals surface area contributed by atoms with E-state index in [0.29, 0.717) is 48.7 Å². The van der Waals surface area contributed by atoms with E-state index in [1.54, 1.807) is 28.1 Å². The van der Waals surface area contributed by atoms with E-state index >= 15 is 0 Å². The number of aryl methyl sites for hydroxylation is 1. The topological polar surface area (TPSA) is 117 Å². The number of nitrogens with zero attached hydrogens (tertiary/aromatic N) is 2. The molecule has 0 radical (unpaired) electrons. The molecule has 162 valence electrons. The first-order valence-electron chi connectivity index (χ1n) is 9.89. The minimum absolute atomic E-state index is 0.0553. The van der Waals surface area contributed by atoms with Gasteiger partial charge in [0.1, 0.15) is 17.3 Å². The number of carbonyl (C=O) groups excluding carboxylic acids is 2. The Bertz CT molecular complexity index is 887. The molecule has 0 saturated heterocycles. The van der Waals surface area contributed by atoms with E-state index < -0.39 is 0 Å². The van der Waals surface area contributed by atoms with Crippen LogP contribution in [0.1, 0.15) is 35.6 Å². The molecule has 1 aromatic heterocycles. The van der Waals surface area contributed by atoms with Crippen molar-refractivity contribution in [2.45, 2.75) is 32.7 Å². The second-order valence-electron chi connectivity index (χ2n) is 6.72. The average Bonchev–Trinajstić information content (AvgIpc) is 2.77. The second kappa shape index (κ2) is 11.1. The van der Waals surface area contributed by atoms with E-state index in [-0.39, 0.29) is 17.6 Å². The highest BCUT2D eigenvalue weighted by Crippen LogP contribution is 2.26. The summed E-state index contributed by atoms with van der Waals surface area (Å²) in [5.41, 5.74) is 2.64. The molecule has 1 aromatic carbocycles. The Morgan fingerprint density at radius 2 is 1.97 bits per heavy atom. The van der Waals surface area contributed by atoms with Crippen molar-refractivity contribution in [2.75, 3.05) is 38.4 Å². The van der Waals surface area contributed by atoms with Gasteiger partial charge in [-0.3, -0.25) is 9.59 Å². The molecule has 1 atom stereocenters. The van der Waals surface area contributed by atoms with Gasteiger partial charge in [0.25, 0.3) is 0 Å². The van der Waals surface area contributed by atoms with Crippen molar-refractivity contribution in [3.05, 3.63) is 35.2 Å². The second-order valence-corrected chi connectivity index (χ2v) is 6.72. The van der Waals surface area contributed by atoms with Gasteiger partial charge in [0, 0.05) is 25.3 Å². The number of hydrogen-bond donors (Lipinski definition) is 4. The Labute approximate surface area is 177 Å². The molecule has 0 aliphatic carbocycles. The third kappa shape index (κ3) is 5.90. The van der Waals surface area contributed by atoms with Gasteiger partial charge in [0.2, 0.25) is 5.91 Å². The summed E-state index contributed by atoms with van der Waals surface area (Å²) in [4.78, 5) is 32.3. The first-order valence-corrected chi connectivity index (χ1v) is 9.89. The van der Waals surface area contributed by atoms with Crippen LogP contribution in [0.25, 0.3) is 0 Å². The fourth-order valence-electron chi connectivity index (χ4n) is 2.85. The van der Waals surface area contributed by atoms with Gasteiger partial charge in [0.05, 0.1) is 18.8 Å². The standard InChI is InChI=1S/C21H30N6O3/c1-6-17-19(23-4)27-20(18(12-28)26-17)25-15-9-14(10-16(11-15)30-5)7-8-24-21(29)13(2)22-3/h9-13,22H,6-8H2,1-5H3,(H,24,29)(H2,23,25,27). The molecule has 9 heteroatoms. The lowest BCUT2D eigenvalue weighted by Crippen LogP contribution is -2.41. The molecule has 0 spiro atoms. The number of amides is 1. The average molecular weight is 415 g/mol. The van der Waals surface area contributed by atoms with Gasteiger partial charge in [-0.1, -0.05) is 6.92 Å². The quantitative estimate of drug-likeness (QED) is 0.412. The maximum Gasteiger partial charge on any atom is 0.236 e. The van der Waals surface area contributed by atoms with Crippen molar-refractivity contribution >= 4 is 29.5 Å². The monoisotopic (exact) mass is 414 g/mol. The first-order chi connectivity index (χ1) is 14.4. The Morgan fingerprint density at radius 1 is 1.20 bits per heavy atom. The molecule has 1 heterocycles. The molecule has 4 N–H and O–H groups in total. The highest BCUT2D eigenvalue weighted by molar-refractivity contribution is 5.83. The number of rotatable bonds is 11. The molecule has 2 aromatic rings.